The number of hydrogen-bond acceptors (Lipinski definition) is 7. The molecule has 3 rings (SSSR count). The first-order valence-corrected chi connectivity index (χ1v) is 10.1. The van der Waals surface area contributed by atoms with Crippen LogP contribution in [0.1, 0.15) is 24.2 Å². The Hall–Kier alpha value is -2.78. The molecular formula is C21H23BrN2O6. The van der Waals surface area contributed by atoms with Gasteiger partial charge in [0.2, 0.25) is 0 Å². The lowest BCUT2D eigenvalue weighted by Gasteiger charge is -2.20. The van der Waals surface area contributed by atoms with Crippen molar-refractivity contribution in [3.05, 3.63) is 45.9 Å². The van der Waals surface area contributed by atoms with Gasteiger partial charge in [-0.1, -0.05) is 6.07 Å². The minimum absolute atomic E-state index is 0.414. The number of fused-ring (bicyclic) bond motifs is 1. The van der Waals surface area contributed by atoms with Gasteiger partial charge in [0.15, 0.2) is 29.1 Å². The molecule has 9 heteroatoms. The van der Waals surface area contributed by atoms with Gasteiger partial charge in [-0.2, -0.15) is 5.10 Å². The molecule has 0 radical (unpaired) electrons. The number of amides is 1. The van der Waals surface area contributed by atoms with Gasteiger partial charge >= 0.3 is 0 Å². The molecule has 1 N–H and O–H groups in total. The van der Waals surface area contributed by atoms with Crippen molar-refractivity contribution >= 4 is 28.1 Å². The van der Waals surface area contributed by atoms with Gasteiger partial charge in [-0.15, -0.1) is 0 Å². The topological polar surface area (TPSA) is 87.6 Å². The van der Waals surface area contributed by atoms with Crippen molar-refractivity contribution in [3.63, 3.8) is 0 Å². The van der Waals surface area contributed by atoms with E-state index in [1.807, 2.05) is 13.0 Å². The number of benzene rings is 2. The maximum Gasteiger partial charge on any atom is 0.273 e. The van der Waals surface area contributed by atoms with E-state index in [0.717, 1.165) is 10.0 Å². The third-order valence-corrected chi connectivity index (χ3v) is 4.86. The lowest BCUT2D eigenvalue weighted by Crippen LogP contribution is -2.27. The molecule has 0 spiro atoms. The molecule has 160 valence electrons. The second-order valence-corrected chi connectivity index (χ2v) is 7.07. The van der Waals surface area contributed by atoms with Gasteiger partial charge in [0.25, 0.3) is 5.91 Å². The predicted octanol–water partition coefficient (Wildman–Crippen LogP) is 3.47. The molecule has 0 bridgehead atoms. The van der Waals surface area contributed by atoms with Crippen molar-refractivity contribution in [2.24, 2.45) is 5.10 Å². The van der Waals surface area contributed by atoms with E-state index in [2.05, 4.69) is 26.5 Å². The van der Waals surface area contributed by atoms with E-state index in [0.29, 0.717) is 48.4 Å². The van der Waals surface area contributed by atoms with Gasteiger partial charge in [-0.3, -0.25) is 4.79 Å². The van der Waals surface area contributed by atoms with Gasteiger partial charge < -0.3 is 23.7 Å². The monoisotopic (exact) mass is 478 g/mol. The maximum absolute atomic E-state index is 12.6. The third kappa shape index (κ3) is 5.03. The molecule has 0 saturated heterocycles. The highest BCUT2D eigenvalue weighted by Gasteiger charge is 2.22. The maximum atomic E-state index is 12.6. The van der Waals surface area contributed by atoms with Gasteiger partial charge in [-0.05, 0) is 58.2 Å². The quantitative estimate of drug-likeness (QED) is 0.461. The smallest absolute Gasteiger partial charge is 0.273 e. The summed E-state index contributed by atoms with van der Waals surface area (Å²) in [4.78, 5) is 12.6. The molecule has 2 aromatic carbocycles. The molecular weight excluding hydrogens is 456 g/mol. The summed E-state index contributed by atoms with van der Waals surface area (Å²) in [5.41, 5.74) is 3.87. The first kappa shape index (κ1) is 21.9. The van der Waals surface area contributed by atoms with Crippen LogP contribution in [0.4, 0.5) is 0 Å². The summed E-state index contributed by atoms with van der Waals surface area (Å²) < 4.78 is 28.1. The zero-order valence-electron chi connectivity index (χ0n) is 16.9. The van der Waals surface area contributed by atoms with Crippen LogP contribution in [0.25, 0.3) is 0 Å². The summed E-state index contributed by atoms with van der Waals surface area (Å²) in [7, 11) is 3.03. The van der Waals surface area contributed by atoms with Gasteiger partial charge in [0.1, 0.15) is 13.2 Å². The fourth-order valence-electron chi connectivity index (χ4n) is 2.97. The Morgan fingerprint density at radius 3 is 2.70 bits per heavy atom. The van der Waals surface area contributed by atoms with Crippen molar-refractivity contribution < 1.29 is 28.5 Å². The Morgan fingerprint density at radius 1 is 1.23 bits per heavy atom. The van der Waals surface area contributed by atoms with Crippen LogP contribution in [0.2, 0.25) is 0 Å². The van der Waals surface area contributed by atoms with E-state index in [9.17, 15) is 4.79 Å². The number of nitrogens with one attached hydrogen (secondary N) is 1. The van der Waals surface area contributed by atoms with Crippen LogP contribution < -0.4 is 24.4 Å². The molecule has 1 heterocycles. The second kappa shape index (κ2) is 10.3. The van der Waals surface area contributed by atoms with Gasteiger partial charge in [0.05, 0.1) is 24.4 Å². The molecule has 8 nitrogen and oxygen atoms in total. The van der Waals surface area contributed by atoms with Crippen molar-refractivity contribution in [1.82, 2.24) is 5.43 Å². The standard InChI is InChI=1S/C21H23BrN2O6/c1-4-28-18-10-13(9-15(22)20(18)27-3)12-23-24-21(25)19(26-2)14-5-6-16-17(11-14)30-8-7-29-16/h5-6,9-12,19H,4,7-8H2,1-3H3,(H,24,25)/b23-12+. The molecule has 1 atom stereocenters. The second-order valence-electron chi connectivity index (χ2n) is 6.22. The normalized spacial score (nSPS) is 13.7. The van der Waals surface area contributed by atoms with Crippen LogP contribution in [0.15, 0.2) is 39.9 Å². The Bertz CT molecular complexity index is 934. The summed E-state index contributed by atoms with van der Waals surface area (Å²) in [5, 5.41) is 4.04. The highest BCUT2D eigenvalue weighted by atomic mass is 79.9. The van der Waals surface area contributed by atoms with E-state index in [-0.39, 0.29) is 0 Å². The highest BCUT2D eigenvalue weighted by Crippen LogP contribution is 2.36. The van der Waals surface area contributed by atoms with Crippen molar-refractivity contribution in [3.8, 4) is 23.0 Å². The van der Waals surface area contributed by atoms with Crippen LogP contribution in [0, 0.1) is 0 Å². The first-order chi connectivity index (χ1) is 14.6. The lowest BCUT2D eigenvalue weighted by atomic mass is 10.1. The molecule has 1 aliphatic rings. The number of ether oxygens (including phenoxy) is 5. The summed E-state index contributed by atoms with van der Waals surface area (Å²) in [6.45, 7) is 3.34. The minimum atomic E-state index is -0.848. The van der Waals surface area contributed by atoms with Crippen molar-refractivity contribution in [2.75, 3.05) is 34.0 Å². The molecule has 0 saturated carbocycles. The number of methoxy groups -OCH3 is 2. The average Bonchev–Trinajstić information content (AvgIpc) is 2.74. The number of carbonyl (C=O) groups excluding carboxylic acids is 1. The molecule has 0 fully saturated rings. The van der Waals surface area contributed by atoms with Crippen molar-refractivity contribution in [2.45, 2.75) is 13.0 Å². The van der Waals surface area contributed by atoms with E-state index >= 15 is 0 Å². The molecule has 30 heavy (non-hydrogen) atoms. The molecule has 1 aliphatic heterocycles. The van der Waals surface area contributed by atoms with E-state index in [1.165, 1.54) is 13.3 Å². The Labute approximate surface area is 183 Å². The zero-order valence-corrected chi connectivity index (χ0v) is 18.5. The third-order valence-electron chi connectivity index (χ3n) is 4.27. The summed E-state index contributed by atoms with van der Waals surface area (Å²) in [5.74, 6) is 1.99. The summed E-state index contributed by atoms with van der Waals surface area (Å²) >= 11 is 3.45. The van der Waals surface area contributed by atoms with Crippen LogP contribution in [0.3, 0.4) is 0 Å². The number of hydrazone groups is 1. The first-order valence-electron chi connectivity index (χ1n) is 9.33. The Kier molecular flexibility index (Phi) is 7.53. The summed E-state index contributed by atoms with van der Waals surface area (Å²) in [6, 6.07) is 8.85. The van der Waals surface area contributed by atoms with Crippen LogP contribution in [-0.2, 0) is 9.53 Å². The van der Waals surface area contributed by atoms with Gasteiger partial charge in [-0.25, -0.2) is 5.43 Å². The predicted molar refractivity (Wildman–Crippen MR) is 115 cm³/mol. The highest BCUT2D eigenvalue weighted by molar-refractivity contribution is 9.10. The van der Waals surface area contributed by atoms with E-state index in [1.54, 1.807) is 31.4 Å². The average molecular weight is 479 g/mol. The number of nitrogens with zero attached hydrogens (tertiary/aromatic N) is 1. The molecule has 1 amide bonds. The molecule has 2 aromatic rings. The largest absolute Gasteiger partial charge is 0.492 e. The molecule has 0 aliphatic carbocycles. The SMILES string of the molecule is CCOc1cc(/C=N/NC(=O)C(OC)c2ccc3c(c2)OCCO3)cc(Br)c1OC. The van der Waals surface area contributed by atoms with E-state index < -0.39 is 12.0 Å². The fourth-order valence-corrected chi connectivity index (χ4v) is 3.59. The summed E-state index contributed by atoms with van der Waals surface area (Å²) in [6.07, 6.45) is 0.667. The number of carbonyl (C=O) groups is 1. The van der Waals surface area contributed by atoms with Crippen LogP contribution >= 0.6 is 15.9 Å². The number of rotatable bonds is 8. The lowest BCUT2D eigenvalue weighted by molar-refractivity contribution is -0.131. The van der Waals surface area contributed by atoms with Crippen LogP contribution in [0.5, 0.6) is 23.0 Å². The van der Waals surface area contributed by atoms with Crippen LogP contribution in [-0.4, -0.2) is 46.2 Å². The Morgan fingerprint density at radius 2 is 2.00 bits per heavy atom. The minimum Gasteiger partial charge on any atom is -0.492 e. The number of hydrogen-bond donors (Lipinski definition) is 1. The van der Waals surface area contributed by atoms with Crippen molar-refractivity contribution in [1.29, 1.82) is 0 Å². The molecule has 0 aromatic heterocycles. The number of halogens is 1. The fraction of sp³-hybridized carbons (Fsp3) is 0.333. The van der Waals surface area contributed by atoms with E-state index in [4.69, 9.17) is 23.7 Å². The Balaban J connectivity index is 1.71. The molecule has 1 unspecified atom stereocenters. The zero-order chi connectivity index (χ0) is 21.5. The van der Waals surface area contributed by atoms with Gasteiger partial charge in [0, 0.05) is 7.11 Å².